The van der Waals surface area contributed by atoms with Gasteiger partial charge in [-0.1, -0.05) is 11.6 Å². The number of nitrogens with two attached hydrogens (primary N) is 1. The van der Waals surface area contributed by atoms with Gasteiger partial charge in [0.2, 0.25) is 0 Å². The van der Waals surface area contributed by atoms with Gasteiger partial charge in [-0.15, -0.1) is 0 Å². The third kappa shape index (κ3) is 4.03. The maximum atomic E-state index is 5.42. The van der Waals surface area contributed by atoms with E-state index in [9.17, 15) is 0 Å². The lowest BCUT2D eigenvalue weighted by Crippen LogP contribution is -1.97. The molecule has 1 aromatic rings. The second kappa shape index (κ2) is 5.94. The fraction of sp³-hybridized carbons (Fsp3) is 0.364. The third-order valence-corrected chi connectivity index (χ3v) is 2.38. The molecule has 3 heteroatoms. The van der Waals surface area contributed by atoms with Crippen molar-refractivity contribution in [1.29, 1.82) is 0 Å². The number of hydrogen-bond donors (Lipinski definition) is 1. The molecule has 0 fully saturated rings. The zero-order valence-corrected chi connectivity index (χ0v) is 9.92. The summed E-state index contributed by atoms with van der Waals surface area (Å²) in [6.07, 6.45) is 5.85. The predicted octanol–water partition coefficient (Wildman–Crippen LogP) is 2.68. The van der Waals surface area contributed by atoms with Crippen LogP contribution in [0, 0.1) is 0 Å². The van der Waals surface area contributed by atoms with E-state index in [1.165, 1.54) is 5.57 Å². The molecular weight excluding hydrogens is 240 g/mol. The topological polar surface area (TPSA) is 38.9 Å². The summed E-state index contributed by atoms with van der Waals surface area (Å²) in [5.74, 6) is 0. The van der Waals surface area contributed by atoms with Gasteiger partial charge in [-0.25, -0.2) is 0 Å². The first-order valence-corrected chi connectivity index (χ1v) is 5.48. The van der Waals surface area contributed by atoms with Gasteiger partial charge < -0.3 is 5.73 Å². The van der Waals surface area contributed by atoms with Crippen LogP contribution in [-0.2, 0) is 6.42 Å². The minimum absolute atomic E-state index is 0.713. The fourth-order valence-corrected chi connectivity index (χ4v) is 1.43. The van der Waals surface area contributed by atoms with Crippen LogP contribution in [0.1, 0.15) is 19.0 Å². The van der Waals surface area contributed by atoms with Crippen molar-refractivity contribution < 1.29 is 0 Å². The molecule has 2 N–H and O–H groups in total. The van der Waals surface area contributed by atoms with Gasteiger partial charge >= 0.3 is 0 Å². The zero-order chi connectivity index (χ0) is 10.4. The van der Waals surface area contributed by atoms with E-state index in [0.717, 1.165) is 23.0 Å². The summed E-state index contributed by atoms with van der Waals surface area (Å²) in [6.45, 7) is 2.82. The monoisotopic (exact) mass is 254 g/mol. The number of aromatic nitrogens is 1. The molecule has 2 nitrogen and oxygen atoms in total. The number of allylic oxidation sites excluding steroid dienone is 1. The molecule has 0 aliphatic heterocycles. The van der Waals surface area contributed by atoms with E-state index >= 15 is 0 Å². The molecule has 76 valence electrons. The van der Waals surface area contributed by atoms with Crippen LogP contribution in [-0.4, -0.2) is 11.5 Å². The van der Waals surface area contributed by atoms with Crippen molar-refractivity contribution in [2.24, 2.45) is 5.73 Å². The standard InChI is InChI=1S/C11H15BrN2/c1-9(3-2-6-13)7-11-5-4-10(12)8-14-11/h3-5,8H,2,6-7,13H2,1H3/b9-3-. The number of nitrogens with zero attached hydrogens (tertiary/aromatic N) is 1. The van der Waals surface area contributed by atoms with Crippen molar-refractivity contribution in [1.82, 2.24) is 4.98 Å². The Labute approximate surface area is 93.4 Å². The minimum atomic E-state index is 0.713. The molecule has 0 unspecified atom stereocenters. The van der Waals surface area contributed by atoms with Crippen LogP contribution >= 0.6 is 15.9 Å². The number of hydrogen-bond acceptors (Lipinski definition) is 2. The van der Waals surface area contributed by atoms with Crippen molar-refractivity contribution in [3.8, 4) is 0 Å². The van der Waals surface area contributed by atoms with Gasteiger partial charge in [0, 0.05) is 22.8 Å². The highest BCUT2D eigenvalue weighted by atomic mass is 79.9. The van der Waals surface area contributed by atoms with Gasteiger partial charge in [-0.2, -0.15) is 0 Å². The summed E-state index contributed by atoms with van der Waals surface area (Å²) < 4.78 is 1.02. The van der Waals surface area contributed by atoms with Gasteiger partial charge in [0.25, 0.3) is 0 Å². The zero-order valence-electron chi connectivity index (χ0n) is 8.33. The van der Waals surface area contributed by atoms with Gasteiger partial charge in [-0.05, 0) is 48.0 Å². The van der Waals surface area contributed by atoms with Crippen LogP contribution in [0.4, 0.5) is 0 Å². The molecule has 0 atom stereocenters. The largest absolute Gasteiger partial charge is 0.330 e. The molecule has 1 rings (SSSR count). The van der Waals surface area contributed by atoms with E-state index < -0.39 is 0 Å². The Morgan fingerprint density at radius 3 is 2.93 bits per heavy atom. The molecule has 0 aliphatic rings. The molecule has 0 aromatic carbocycles. The molecule has 0 bridgehead atoms. The first-order chi connectivity index (χ1) is 6.72. The molecule has 1 aromatic heterocycles. The van der Waals surface area contributed by atoms with Crippen LogP contribution in [0.2, 0.25) is 0 Å². The van der Waals surface area contributed by atoms with E-state index in [-0.39, 0.29) is 0 Å². The van der Waals surface area contributed by atoms with Crippen LogP contribution in [0.25, 0.3) is 0 Å². The molecule has 0 saturated carbocycles. The van der Waals surface area contributed by atoms with Crippen LogP contribution in [0.15, 0.2) is 34.5 Å². The molecule has 0 radical (unpaired) electrons. The Morgan fingerprint density at radius 2 is 2.36 bits per heavy atom. The Bertz CT molecular complexity index is 304. The summed E-state index contributed by atoms with van der Waals surface area (Å²) in [7, 11) is 0. The molecule has 0 aliphatic carbocycles. The maximum absolute atomic E-state index is 5.42. The van der Waals surface area contributed by atoms with Crippen molar-refractivity contribution in [3.05, 3.63) is 40.1 Å². The van der Waals surface area contributed by atoms with E-state index in [4.69, 9.17) is 5.73 Å². The van der Waals surface area contributed by atoms with Gasteiger partial charge in [0.15, 0.2) is 0 Å². The van der Waals surface area contributed by atoms with Crippen LogP contribution in [0.5, 0.6) is 0 Å². The fourth-order valence-electron chi connectivity index (χ4n) is 1.20. The van der Waals surface area contributed by atoms with Crippen LogP contribution in [0.3, 0.4) is 0 Å². The van der Waals surface area contributed by atoms with Crippen molar-refractivity contribution in [2.75, 3.05) is 6.54 Å². The Kier molecular flexibility index (Phi) is 4.84. The van der Waals surface area contributed by atoms with Gasteiger partial charge in [-0.3, -0.25) is 4.98 Å². The normalized spacial score (nSPS) is 11.8. The number of pyridine rings is 1. The van der Waals surface area contributed by atoms with Gasteiger partial charge in [0.1, 0.15) is 0 Å². The summed E-state index contributed by atoms with van der Waals surface area (Å²) >= 11 is 3.36. The lowest BCUT2D eigenvalue weighted by atomic mass is 10.1. The van der Waals surface area contributed by atoms with E-state index in [1.54, 1.807) is 0 Å². The highest BCUT2D eigenvalue weighted by molar-refractivity contribution is 9.10. The molecule has 1 heterocycles. The van der Waals surface area contributed by atoms with Gasteiger partial charge in [0.05, 0.1) is 0 Å². The highest BCUT2D eigenvalue weighted by Crippen LogP contribution is 2.10. The smallest absolute Gasteiger partial charge is 0.0444 e. The molecule has 0 spiro atoms. The lowest BCUT2D eigenvalue weighted by molar-refractivity contribution is 0.968. The summed E-state index contributed by atoms with van der Waals surface area (Å²) in [6, 6.07) is 4.04. The van der Waals surface area contributed by atoms with Crippen molar-refractivity contribution >= 4 is 15.9 Å². The summed E-state index contributed by atoms with van der Waals surface area (Å²) in [5, 5.41) is 0. The maximum Gasteiger partial charge on any atom is 0.0444 e. The lowest BCUT2D eigenvalue weighted by Gasteiger charge is -2.01. The first kappa shape index (κ1) is 11.4. The number of halogens is 1. The Balaban J connectivity index is 2.56. The second-order valence-corrected chi connectivity index (χ2v) is 4.19. The van der Waals surface area contributed by atoms with E-state index in [1.807, 2.05) is 18.3 Å². The molecule has 0 amide bonds. The quantitative estimate of drug-likeness (QED) is 0.840. The number of rotatable bonds is 4. The van der Waals surface area contributed by atoms with Crippen LogP contribution < -0.4 is 5.73 Å². The van der Waals surface area contributed by atoms with Crippen molar-refractivity contribution in [2.45, 2.75) is 19.8 Å². The summed E-state index contributed by atoms with van der Waals surface area (Å²) in [5.41, 5.74) is 7.84. The third-order valence-electron chi connectivity index (χ3n) is 1.91. The van der Waals surface area contributed by atoms with E-state index in [2.05, 4.69) is 33.9 Å². The average Bonchev–Trinajstić information content (AvgIpc) is 2.18. The predicted molar refractivity (Wildman–Crippen MR) is 63.1 cm³/mol. The molecular formula is C11H15BrN2. The Morgan fingerprint density at radius 1 is 1.57 bits per heavy atom. The average molecular weight is 255 g/mol. The second-order valence-electron chi connectivity index (χ2n) is 3.27. The SMILES string of the molecule is C/C(=C/CCN)Cc1ccc(Br)cn1. The van der Waals surface area contributed by atoms with E-state index in [0.29, 0.717) is 6.54 Å². The highest BCUT2D eigenvalue weighted by Gasteiger charge is 1.95. The van der Waals surface area contributed by atoms with Crippen molar-refractivity contribution in [3.63, 3.8) is 0 Å². The minimum Gasteiger partial charge on any atom is -0.330 e. The molecule has 14 heavy (non-hydrogen) atoms. The first-order valence-electron chi connectivity index (χ1n) is 4.68. The summed E-state index contributed by atoms with van der Waals surface area (Å²) in [4.78, 5) is 4.31. The molecule has 0 saturated heterocycles. The Hall–Kier alpha value is -0.670.